The molecule has 2 nitrogen and oxygen atoms in total. The summed E-state index contributed by atoms with van der Waals surface area (Å²) in [5.74, 6) is -1.43. The molecule has 0 spiro atoms. The fourth-order valence-corrected chi connectivity index (χ4v) is 2.24. The highest BCUT2D eigenvalue weighted by Crippen LogP contribution is 2.26. The number of rotatable bonds is 4. The van der Waals surface area contributed by atoms with E-state index in [9.17, 15) is 13.6 Å². The summed E-state index contributed by atoms with van der Waals surface area (Å²) in [6, 6.07) is 10.1. The van der Waals surface area contributed by atoms with Gasteiger partial charge in [0.15, 0.2) is 0 Å². The van der Waals surface area contributed by atoms with Crippen LogP contribution in [0.2, 0.25) is 0 Å². The zero-order valence-corrected chi connectivity index (χ0v) is 12.1. The van der Waals surface area contributed by atoms with Crippen molar-refractivity contribution in [3.05, 3.63) is 59.7 Å². The lowest BCUT2D eigenvalue weighted by atomic mass is 10.0. The van der Waals surface area contributed by atoms with Crippen molar-refractivity contribution in [3.8, 4) is 11.1 Å². The number of benzene rings is 2. The summed E-state index contributed by atoms with van der Waals surface area (Å²) in [5, 5.41) is 0. The molecule has 0 N–H and O–H groups in total. The minimum Gasteiger partial charge on any atom is -0.342 e. The van der Waals surface area contributed by atoms with Crippen LogP contribution in [-0.4, -0.2) is 24.4 Å². The summed E-state index contributed by atoms with van der Waals surface area (Å²) in [4.78, 5) is 13.8. The van der Waals surface area contributed by atoms with Crippen LogP contribution in [0.1, 0.15) is 23.7 Å². The summed E-state index contributed by atoms with van der Waals surface area (Å²) in [6.45, 7) is 2.62. The van der Waals surface area contributed by atoms with Crippen LogP contribution in [0.4, 0.5) is 8.78 Å². The standard InChI is InChI=1S/C17H17F2NO/c1-3-10-20(2)17(21)13-7-4-6-12(11-13)16-14(18)8-5-9-15(16)19/h4-9,11H,3,10H2,1-2H3. The number of carbonyl (C=O) groups excluding carboxylic acids is 1. The zero-order valence-electron chi connectivity index (χ0n) is 12.1. The van der Waals surface area contributed by atoms with E-state index < -0.39 is 11.6 Å². The fourth-order valence-electron chi connectivity index (χ4n) is 2.24. The van der Waals surface area contributed by atoms with Crippen LogP contribution in [0.3, 0.4) is 0 Å². The minimum absolute atomic E-state index is 0.106. The molecule has 2 aromatic carbocycles. The van der Waals surface area contributed by atoms with Gasteiger partial charge in [-0.25, -0.2) is 8.78 Å². The Balaban J connectivity index is 2.41. The predicted octanol–water partition coefficient (Wildman–Crippen LogP) is 4.11. The van der Waals surface area contributed by atoms with Gasteiger partial charge in [-0.15, -0.1) is 0 Å². The molecule has 0 aromatic heterocycles. The highest BCUT2D eigenvalue weighted by molar-refractivity contribution is 5.95. The second kappa shape index (κ2) is 6.48. The van der Waals surface area contributed by atoms with Crippen LogP contribution >= 0.6 is 0 Å². The minimum atomic E-state index is -0.637. The first-order valence-corrected chi connectivity index (χ1v) is 6.84. The summed E-state index contributed by atoms with van der Waals surface area (Å²) in [5.41, 5.74) is 0.678. The van der Waals surface area contributed by atoms with Crippen LogP contribution in [0, 0.1) is 11.6 Å². The molecule has 0 aliphatic carbocycles. The first-order chi connectivity index (χ1) is 10.0. The Morgan fingerprint density at radius 1 is 1.10 bits per heavy atom. The van der Waals surface area contributed by atoms with E-state index in [2.05, 4.69) is 0 Å². The van der Waals surface area contributed by atoms with Crippen molar-refractivity contribution in [2.75, 3.05) is 13.6 Å². The van der Waals surface area contributed by atoms with Crippen molar-refractivity contribution < 1.29 is 13.6 Å². The largest absolute Gasteiger partial charge is 0.342 e. The lowest BCUT2D eigenvalue weighted by Gasteiger charge is -2.16. The highest BCUT2D eigenvalue weighted by Gasteiger charge is 2.15. The van der Waals surface area contributed by atoms with E-state index in [1.165, 1.54) is 24.3 Å². The summed E-state index contributed by atoms with van der Waals surface area (Å²) >= 11 is 0. The van der Waals surface area contributed by atoms with Crippen LogP contribution in [-0.2, 0) is 0 Å². The Morgan fingerprint density at radius 3 is 2.33 bits per heavy atom. The first kappa shape index (κ1) is 15.2. The maximum atomic E-state index is 13.8. The topological polar surface area (TPSA) is 20.3 Å². The number of halogens is 2. The Labute approximate surface area is 123 Å². The normalized spacial score (nSPS) is 10.5. The van der Waals surface area contributed by atoms with Crippen molar-refractivity contribution in [2.45, 2.75) is 13.3 Å². The monoisotopic (exact) mass is 289 g/mol. The molecule has 0 aliphatic heterocycles. The molecule has 0 saturated carbocycles. The molecule has 21 heavy (non-hydrogen) atoms. The quantitative estimate of drug-likeness (QED) is 0.829. The van der Waals surface area contributed by atoms with Gasteiger partial charge < -0.3 is 4.90 Å². The summed E-state index contributed by atoms with van der Waals surface area (Å²) in [7, 11) is 1.71. The predicted molar refractivity (Wildman–Crippen MR) is 79.0 cm³/mol. The SMILES string of the molecule is CCCN(C)C(=O)c1cccc(-c2c(F)cccc2F)c1. The highest BCUT2D eigenvalue weighted by atomic mass is 19.1. The average molecular weight is 289 g/mol. The third-order valence-corrected chi connectivity index (χ3v) is 3.27. The maximum absolute atomic E-state index is 13.8. The average Bonchev–Trinajstić information content (AvgIpc) is 2.47. The van der Waals surface area contributed by atoms with E-state index in [0.29, 0.717) is 17.7 Å². The lowest BCUT2D eigenvalue weighted by molar-refractivity contribution is 0.0795. The Bertz CT molecular complexity index is 635. The number of amides is 1. The number of hydrogen-bond donors (Lipinski definition) is 0. The van der Waals surface area contributed by atoms with Gasteiger partial charge in [0.05, 0.1) is 5.56 Å². The van der Waals surface area contributed by atoms with Gasteiger partial charge in [-0.3, -0.25) is 4.79 Å². The molecule has 0 radical (unpaired) electrons. The van der Waals surface area contributed by atoms with Crippen molar-refractivity contribution in [1.82, 2.24) is 4.90 Å². The molecule has 0 atom stereocenters. The molecule has 0 heterocycles. The van der Waals surface area contributed by atoms with Gasteiger partial charge >= 0.3 is 0 Å². The zero-order chi connectivity index (χ0) is 15.4. The Kier molecular flexibility index (Phi) is 4.68. The number of nitrogens with zero attached hydrogens (tertiary/aromatic N) is 1. The third-order valence-electron chi connectivity index (χ3n) is 3.27. The molecule has 2 aromatic rings. The van der Waals surface area contributed by atoms with E-state index >= 15 is 0 Å². The summed E-state index contributed by atoms with van der Waals surface area (Å²) < 4.78 is 27.6. The Hall–Kier alpha value is -2.23. The van der Waals surface area contributed by atoms with Gasteiger partial charge in [-0.1, -0.05) is 25.1 Å². The van der Waals surface area contributed by atoms with Gasteiger partial charge in [0.2, 0.25) is 0 Å². The van der Waals surface area contributed by atoms with Crippen LogP contribution in [0.25, 0.3) is 11.1 Å². The molecular weight excluding hydrogens is 272 g/mol. The smallest absolute Gasteiger partial charge is 0.253 e. The molecule has 0 unspecified atom stereocenters. The van der Waals surface area contributed by atoms with Crippen LogP contribution in [0.5, 0.6) is 0 Å². The van der Waals surface area contributed by atoms with E-state index in [1.807, 2.05) is 6.92 Å². The van der Waals surface area contributed by atoms with Gasteiger partial charge in [0, 0.05) is 19.2 Å². The lowest BCUT2D eigenvalue weighted by Crippen LogP contribution is -2.27. The van der Waals surface area contributed by atoms with E-state index in [-0.39, 0.29) is 11.5 Å². The maximum Gasteiger partial charge on any atom is 0.253 e. The number of hydrogen-bond acceptors (Lipinski definition) is 1. The summed E-state index contributed by atoms with van der Waals surface area (Å²) in [6.07, 6.45) is 0.851. The number of carbonyl (C=O) groups is 1. The third kappa shape index (κ3) is 3.27. The van der Waals surface area contributed by atoms with Crippen LogP contribution in [0.15, 0.2) is 42.5 Å². The molecule has 4 heteroatoms. The van der Waals surface area contributed by atoms with E-state index in [4.69, 9.17) is 0 Å². The molecule has 0 bridgehead atoms. The van der Waals surface area contributed by atoms with Crippen molar-refractivity contribution >= 4 is 5.91 Å². The van der Waals surface area contributed by atoms with E-state index in [1.54, 1.807) is 30.1 Å². The van der Waals surface area contributed by atoms with Gasteiger partial charge in [-0.2, -0.15) is 0 Å². The van der Waals surface area contributed by atoms with Gasteiger partial charge in [0.1, 0.15) is 11.6 Å². The van der Waals surface area contributed by atoms with Gasteiger partial charge in [-0.05, 0) is 36.2 Å². The Morgan fingerprint density at radius 2 is 1.71 bits per heavy atom. The first-order valence-electron chi connectivity index (χ1n) is 6.84. The molecule has 1 amide bonds. The van der Waals surface area contributed by atoms with Crippen molar-refractivity contribution in [2.24, 2.45) is 0 Å². The van der Waals surface area contributed by atoms with Crippen LogP contribution < -0.4 is 0 Å². The second-order valence-corrected chi connectivity index (χ2v) is 4.90. The fraction of sp³-hybridized carbons (Fsp3) is 0.235. The second-order valence-electron chi connectivity index (χ2n) is 4.90. The molecule has 0 fully saturated rings. The molecule has 0 aliphatic rings. The van der Waals surface area contributed by atoms with E-state index in [0.717, 1.165) is 6.42 Å². The molecule has 0 saturated heterocycles. The molecule has 2 rings (SSSR count). The van der Waals surface area contributed by atoms with Crippen molar-refractivity contribution in [3.63, 3.8) is 0 Å². The van der Waals surface area contributed by atoms with Gasteiger partial charge in [0.25, 0.3) is 5.91 Å². The molecule has 110 valence electrons. The van der Waals surface area contributed by atoms with Crippen molar-refractivity contribution in [1.29, 1.82) is 0 Å². The molecular formula is C17H17F2NO.